The van der Waals surface area contributed by atoms with Crippen LogP contribution < -0.4 is 11.1 Å². The Bertz CT molecular complexity index is 474. The molecule has 0 spiro atoms. The Labute approximate surface area is 119 Å². The molecule has 1 aromatic carbocycles. The molecule has 1 amide bonds. The predicted octanol–water partition coefficient (Wildman–Crippen LogP) is 1.91. The van der Waals surface area contributed by atoms with E-state index in [1.807, 2.05) is 22.6 Å². The first-order chi connectivity index (χ1) is 8.32. The Balaban J connectivity index is 2.98. The molecule has 1 rings (SSSR count). The molecule has 0 saturated heterocycles. The van der Waals surface area contributed by atoms with E-state index in [2.05, 4.69) is 5.32 Å². The molecule has 0 aliphatic heterocycles. The van der Waals surface area contributed by atoms with Gasteiger partial charge in [-0.25, -0.2) is 4.79 Å². The second-order valence-corrected chi connectivity index (χ2v) is 5.38. The highest BCUT2D eigenvalue weighted by molar-refractivity contribution is 14.1. The van der Waals surface area contributed by atoms with Gasteiger partial charge in [-0.05, 0) is 47.7 Å². The van der Waals surface area contributed by atoms with Crippen molar-refractivity contribution in [1.82, 2.24) is 0 Å². The van der Waals surface area contributed by atoms with Crippen LogP contribution in [0.25, 0.3) is 0 Å². The van der Waals surface area contributed by atoms with Crippen molar-refractivity contribution < 1.29 is 14.7 Å². The van der Waals surface area contributed by atoms with Gasteiger partial charge in [0.2, 0.25) is 5.91 Å². The first kappa shape index (κ1) is 14.9. The third kappa shape index (κ3) is 3.67. The average Bonchev–Trinajstić information content (AvgIpc) is 2.29. The second kappa shape index (κ2) is 6.14. The van der Waals surface area contributed by atoms with Gasteiger partial charge in [-0.1, -0.05) is 6.92 Å². The van der Waals surface area contributed by atoms with Crippen molar-refractivity contribution in [3.8, 4) is 0 Å². The standard InChI is InChI=1S/C12H15IN2O3/c1-6(7(2)14)11(16)15-10-4-3-8(13)5-9(10)12(17)18/h3-7H,14H2,1-2H3,(H,15,16)(H,17,18). The van der Waals surface area contributed by atoms with Crippen molar-refractivity contribution >= 4 is 40.2 Å². The third-order valence-electron chi connectivity index (χ3n) is 2.67. The SMILES string of the molecule is CC(N)C(C)C(=O)Nc1ccc(I)cc1C(=O)O. The summed E-state index contributed by atoms with van der Waals surface area (Å²) in [7, 11) is 0. The van der Waals surface area contributed by atoms with Gasteiger partial charge in [-0.2, -0.15) is 0 Å². The van der Waals surface area contributed by atoms with Crippen LogP contribution in [0.3, 0.4) is 0 Å². The van der Waals surface area contributed by atoms with E-state index in [-0.39, 0.29) is 23.4 Å². The van der Waals surface area contributed by atoms with Crippen LogP contribution in [0, 0.1) is 9.49 Å². The van der Waals surface area contributed by atoms with E-state index in [4.69, 9.17) is 10.8 Å². The van der Waals surface area contributed by atoms with Gasteiger partial charge in [0.05, 0.1) is 17.2 Å². The number of anilines is 1. The zero-order chi connectivity index (χ0) is 13.9. The Hall–Kier alpha value is -1.15. The van der Waals surface area contributed by atoms with Gasteiger partial charge < -0.3 is 16.2 Å². The molecule has 6 heteroatoms. The van der Waals surface area contributed by atoms with Crippen molar-refractivity contribution in [2.45, 2.75) is 19.9 Å². The topological polar surface area (TPSA) is 92.4 Å². The quantitative estimate of drug-likeness (QED) is 0.714. The Morgan fingerprint density at radius 1 is 1.39 bits per heavy atom. The van der Waals surface area contributed by atoms with Gasteiger partial charge in [0.1, 0.15) is 0 Å². The van der Waals surface area contributed by atoms with Gasteiger partial charge in [0, 0.05) is 9.61 Å². The number of nitrogens with one attached hydrogen (secondary N) is 1. The maximum Gasteiger partial charge on any atom is 0.337 e. The fourth-order valence-electron chi connectivity index (χ4n) is 1.29. The minimum atomic E-state index is -1.07. The monoisotopic (exact) mass is 362 g/mol. The van der Waals surface area contributed by atoms with Gasteiger partial charge >= 0.3 is 5.97 Å². The predicted molar refractivity (Wildman–Crippen MR) is 77.6 cm³/mol. The van der Waals surface area contributed by atoms with Gasteiger partial charge in [-0.3, -0.25) is 4.79 Å². The smallest absolute Gasteiger partial charge is 0.337 e. The average molecular weight is 362 g/mol. The Morgan fingerprint density at radius 2 is 2.00 bits per heavy atom. The minimum absolute atomic E-state index is 0.0760. The lowest BCUT2D eigenvalue weighted by Gasteiger charge is -2.16. The number of halogens is 1. The van der Waals surface area contributed by atoms with Crippen molar-refractivity contribution in [3.05, 3.63) is 27.3 Å². The van der Waals surface area contributed by atoms with E-state index in [9.17, 15) is 9.59 Å². The van der Waals surface area contributed by atoms with E-state index < -0.39 is 5.97 Å². The fourth-order valence-corrected chi connectivity index (χ4v) is 1.78. The van der Waals surface area contributed by atoms with E-state index in [0.717, 1.165) is 3.57 Å². The van der Waals surface area contributed by atoms with Crippen molar-refractivity contribution in [2.75, 3.05) is 5.32 Å². The summed E-state index contributed by atoms with van der Waals surface area (Å²) >= 11 is 2.02. The maximum atomic E-state index is 11.8. The first-order valence-electron chi connectivity index (χ1n) is 5.42. The lowest BCUT2D eigenvalue weighted by Crippen LogP contribution is -2.34. The summed E-state index contributed by atoms with van der Waals surface area (Å²) in [5, 5.41) is 11.7. The molecule has 0 fully saturated rings. The number of rotatable bonds is 4. The van der Waals surface area contributed by atoms with E-state index in [0.29, 0.717) is 5.69 Å². The zero-order valence-corrected chi connectivity index (χ0v) is 12.3. The van der Waals surface area contributed by atoms with Crippen LogP contribution in [-0.2, 0) is 4.79 Å². The van der Waals surface area contributed by atoms with Gasteiger partial charge in [0.15, 0.2) is 0 Å². The molecule has 4 N–H and O–H groups in total. The van der Waals surface area contributed by atoms with E-state index in [1.54, 1.807) is 26.0 Å². The first-order valence-corrected chi connectivity index (χ1v) is 6.50. The van der Waals surface area contributed by atoms with E-state index in [1.165, 1.54) is 6.07 Å². The second-order valence-electron chi connectivity index (χ2n) is 4.13. The lowest BCUT2D eigenvalue weighted by molar-refractivity contribution is -0.119. The number of carbonyl (C=O) groups excluding carboxylic acids is 1. The summed E-state index contributed by atoms with van der Waals surface area (Å²) in [6, 6.07) is 4.53. The molecule has 98 valence electrons. The van der Waals surface area contributed by atoms with Crippen LogP contribution >= 0.6 is 22.6 Å². The highest BCUT2D eigenvalue weighted by atomic mass is 127. The van der Waals surface area contributed by atoms with E-state index >= 15 is 0 Å². The van der Waals surface area contributed by atoms with Crippen LogP contribution in [0.1, 0.15) is 24.2 Å². The highest BCUT2D eigenvalue weighted by Crippen LogP contribution is 2.20. The summed E-state index contributed by atoms with van der Waals surface area (Å²) in [5.74, 6) is -1.74. The molecule has 0 aliphatic rings. The molecule has 0 heterocycles. The number of amides is 1. The third-order valence-corrected chi connectivity index (χ3v) is 3.34. The molecule has 2 unspecified atom stereocenters. The number of carbonyl (C=O) groups is 2. The maximum absolute atomic E-state index is 11.8. The molecule has 0 radical (unpaired) electrons. The van der Waals surface area contributed by atoms with Crippen LogP contribution in [-0.4, -0.2) is 23.0 Å². The molecular weight excluding hydrogens is 347 g/mol. The summed E-state index contributed by atoms with van der Waals surface area (Å²) < 4.78 is 0.795. The Kier molecular flexibility index (Phi) is 5.09. The number of hydrogen-bond donors (Lipinski definition) is 3. The molecule has 1 aromatic rings. The number of nitrogens with two attached hydrogens (primary N) is 1. The number of hydrogen-bond acceptors (Lipinski definition) is 3. The van der Waals surface area contributed by atoms with Crippen molar-refractivity contribution in [1.29, 1.82) is 0 Å². The molecular formula is C12H15IN2O3. The van der Waals surface area contributed by atoms with Crippen molar-refractivity contribution in [3.63, 3.8) is 0 Å². The summed E-state index contributed by atoms with van der Waals surface area (Å²) in [6.45, 7) is 3.43. The number of aromatic carboxylic acids is 1. The molecule has 0 bridgehead atoms. The molecule has 2 atom stereocenters. The highest BCUT2D eigenvalue weighted by Gasteiger charge is 2.19. The largest absolute Gasteiger partial charge is 0.478 e. The van der Waals surface area contributed by atoms with Crippen LogP contribution in [0.5, 0.6) is 0 Å². The molecule has 0 aromatic heterocycles. The van der Waals surface area contributed by atoms with Crippen LogP contribution in [0.4, 0.5) is 5.69 Å². The zero-order valence-electron chi connectivity index (χ0n) is 10.1. The van der Waals surface area contributed by atoms with Crippen LogP contribution in [0.2, 0.25) is 0 Å². The normalized spacial score (nSPS) is 13.8. The minimum Gasteiger partial charge on any atom is -0.478 e. The molecule has 18 heavy (non-hydrogen) atoms. The van der Waals surface area contributed by atoms with Crippen molar-refractivity contribution in [2.24, 2.45) is 11.7 Å². The summed E-state index contributed by atoms with van der Waals surface area (Å²) in [6.07, 6.45) is 0. The number of benzene rings is 1. The van der Waals surface area contributed by atoms with Gasteiger partial charge in [0.25, 0.3) is 0 Å². The summed E-state index contributed by atoms with van der Waals surface area (Å²) in [5.41, 5.74) is 6.00. The number of carboxylic acids is 1. The number of carboxylic acid groups (broad SMARTS) is 1. The van der Waals surface area contributed by atoms with Crippen LogP contribution in [0.15, 0.2) is 18.2 Å². The fraction of sp³-hybridized carbons (Fsp3) is 0.333. The molecule has 5 nitrogen and oxygen atoms in total. The Morgan fingerprint density at radius 3 is 2.50 bits per heavy atom. The lowest BCUT2D eigenvalue weighted by atomic mass is 10.0. The molecule has 0 aliphatic carbocycles. The molecule has 0 saturated carbocycles. The van der Waals surface area contributed by atoms with Gasteiger partial charge in [-0.15, -0.1) is 0 Å². The summed E-state index contributed by atoms with van der Waals surface area (Å²) in [4.78, 5) is 22.9.